The van der Waals surface area contributed by atoms with Crippen LogP contribution in [0.5, 0.6) is 0 Å². The highest BCUT2D eigenvalue weighted by molar-refractivity contribution is 7.84. The number of aromatic nitrogens is 1. The zero-order chi connectivity index (χ0) is 15.4. The monoisotopic (exact) mass is 326 g/mol. The first-order chi connectivity index (χ1) is 9.95. The molecule has 0 spiro atoms. The number of carboxylic acid groups (broad SMARTS) is 1. The Hall–Kier alpha value is -1.80. The molecular formula is C13H14N2O4S2. The van der Waals surface area contributed by atoms with E-state index in [1.54, 1.807) is 0 Å². The maximum absolute atomic E-state index is 12.0. The first-order valence-electron chi connectivity index (χ1n) is 6.15. The Labute approximate surface area is 127 Å². The molecule has 0 radical (unpaired) electrons. The molecule has 21 heavy (non-hydrogen) atoms. The number of fused-ring (bicyclic) bond motifs is 1. The van der Waals surface area contributed by atoms with Crippen LogP contribution in [-0.4, -0.2) is 38.0 Å². The van der Waals surface area contributed by atoms with E-state index in [2.05, 4.69) is 10.3 Å². The highest BCUT2D eigenvalue weighted by atomic mass is 32.2. The van der Waals surface area contributed by atoms with Gasteiger partial charge in [-0.3, -0.25) is 9.00 Å². The Morgan fingerprint density at radius 2 is 2.14 bits per heavy atom. The predicted molar refractivity (Wildman–Crippen MR) is 81.6 cm³/mol. The standard InChI is InChI=1S/C13H14N2O4S2/c1-8(16)14-10(13(17)18)6-21(19)7-12-15-9-4-2-3-5-11(9)20-12/h2-5,10H,6-7H2,1H3,(H,14,16)(H,17,18). The van der Waals surface area contributed by atoms with E-state index in [-0.39, 0.29) is 11.5 Å². The van der Waals surface area contributed by atoms with E-state index in [1.165, 1.54) is 18.3 Å². The molecule has 2 rings (SSSR count). The number of amides is 1. The van der Waals surface area contributed by atoms with Crippen LogP contribution in [-0.2, 0) is 26.1 Å². The van der Waals surface area contributed by atoms with Gasteiger partial charge in [-0.05, 0) is 12.1 Å². The SMILES string of the molecule is CC(=O)NC(CS(=O)Cc1nc2ccccc2s1)C(=O)O. The van der Waals surface area contributed by atoms with Gasteiger partial charge in [-0.15, -0.1) is 11.3 Å². The van der Waals surface area contributed by atoms with Gasteiger partial charge in [-0.1, -0.05) is 12.1 Å². The third-order valence-electron chi connectivity index (χ3n) is 2.65. The zero-order valence-electron chi connectivity index (χ0n) is 11.2. The fourth-order valence-electron chi connectivity index (χ4n) is 1.78. The number of hydrogen-bond acceptors (Lipinski definition) is 5. The smallest absolute Gasteiger partial charge is 0.327 e. The molecule has 0 saturated heterocycles. The van der Waals surface area contributed by atoms with E-state index in [4.69, 9.17) is 5.11 Å². The molecule has 1 aromatic heterocycles. The summed E-state index contributed by atoms with van der Waals surface area (Å²) in [5, 5.41) is 12.0. The lowest BCUT2D eigenvalue weighted by Crippen LogP contribution is -2.43. The maximum Gasteiger partial charge on any atom is 0.327 e. The summed E-state index contributed by atoms with van der Waals surface area (Å²) in [6.45, 7) is 1.23. The molecule has 1 amide bonds. The molecule has 6 nitrogen and oxygen atoms in total. The van der Waals surface area contributed by atoms with Gasteiger partial charge in [0.1, 0.15) is 11.0 Å². The number of thiazole rings is 1. The van der Waals surface area contributed by atoms with E-state index >= 15 is 0 Å². The number of carboxylic acids is 1. The molecular weight excluding hydrogens is 312 g/mol. The maximum atomic E-state index is 12.0. The number of nitrogens with zero attached hydrogens (tertiary/aromatic N) is 1. The topological polar surface area (TPSA) is 96.4 Å². The Balaban J connectivity index is 2.03. The average Bonchev–Trinajstić information content (AvgIpc) is 2.79. The highest BCUT2D eigenvalue weighted by Crippen LogP contribution is 2.22. The van der Waals surface area contributed by atoms with Crippen LogP contribution in [0.4, 0.5) is 0 Å². The van der Waals surface area contributed by atoms with Crippen LogP contribution >= 0.6 is 11.3 Å². The molecule has 8 heteroatoms. The molecule has 0 aliphatic rings. The number of benzene rings is 1. The summed E-state index contributed by atoms with van der Waals surface area (Å²) >= 11 is 1.44. The Kier molecular flexibility index (Phi) is 5.03. The third kappa shape index (κ3) is 4.33. The van der Waals surface area contributed by atoms with Crippen molar-refractivity contribution in [2.45, 2.75) is 18.7 Å². The molecule has 0 bridgehead atoms. The van der Waals surface area contributed by atoms with Crippen molar-refractivity contribution in [2.75, 3.05) is 5.75 Å². The number of carbonyl (C=O) groups excluding carboxylic acids is 1. The summed E-state index contributed by atoms with van der Waals surface area (Å²) in [6.07, 6.45) is 0. The number of hydrogen-bond donors (Lipinski definition) is 2. The van der Waals surface area contributed by atoms with Gasteiger partial charge in [-0.25, -0.2) is 9.78 Å². The summed E-state index contributed by atoms with van der Waals surface area (Å²) in [6, 6.07) is 6.43. The van der Waals surface area contributed by atoms with Gasteiger partial charge in [0, 0.05) is 17.7 Å². The van der Waals surface area contributed by atoms with Crippen LogP contribution in [0.15, 0.2) is 24.3 Å². The minimum atomic E-state index is -1.41. The lowest BCUT2D eigenvalue weighted by molar-refractivity contribution is -0.140. The average molecular weight is 326 g/mol. The number of nitrogens with one attached hydrogen (secondary N) is 1. The van der Waals surface area contributed by atoms with Crippen molar-refractivity contribution in [3.8, 4) is 0 Å². The fraction of sp³-hybridized carbons (Fsp3) is 0.308. The van der Waals surface area contributed by atoms with E-state index in [1.807, 2.05) is 24.3 Å². The summed E-state index contributed by atoms with van der Waals surface area (Å²) in [5.74, 6) is -1.60. The van der Waals surface area contributed by atoms with Crippen molar-refractivity contribution in [1.29, 1.82) is 0 Å². The minimum Gasteiger partial charge on any atom is -0.480 e. The molecule has 1 aromatic carbocycles. The van der Waals surface area contributed by atoms with Crippen LogP contribution in [0.2, 0.25) is 0 Å². The minimum absolute atomic E-state index is 0.134. The number of para-hydroxylation sites is 1. The molecule has 1 heterocycles. The lowest BCUT2D eigenvalue weighted by Gasteiger charge is -2.12. The number of rotatable bonds is 6. The normalized spacial score (nSPS) is 13.8. The van der Waals surface area contributed by atoms with Crippen LogP contribution in [0, 0.1) is 0 Å². The highest BCUT2D eigenvalue weighted by Gasteiger charge is 2.22. The van der Waals surface area contributed by atoms with Crippen LogP contribution in [0.25, 0.3) is 10.2 Å². The summed E-state index contributed by atoms with van der Waals surface area (Å²) < 4.78 is 13.0. The summed E-state index contributed by atoms with van der Waals surface area (Å²) in [7, 11) is -1.41. The molecule has 0 aliphatic carbocycles. The number of aliphatic carboxylic acids is 1. The van der Waals surface area contributed by atoms with E-state index in [9.17, 15) is 13.8 Å². The van der Waals surface area contributed by atoms with Gasteiger partial charge in [0.2, 0.25) is 5.91 Å². The van der Waals surface area contributed by atoms with Crippen molar-refractivity contribution in [1.82, 2.24) is 10.3 Å². The Morgan fingerprint density at radius 1 is 1.43 bits per heavy atom. The van der Waals surface area contributed by atoms with Crippen LogP contribution < -0.4 is 5.32 Å². The second-order valence-corrected chi connectivity index (χ2v) is 7.03. The van der Waals surface area contributed by atoms with Gasteiger partial charge in [0.15, 0.2) is 0 Å². The molecule has 2 unspecified atom stereocenters. The van der Waals surface area contributed by atoms with Gasteiger partial charge >= 0.3 is 5.97 Å². The van der Waals surface area contributed by atoms with Crippen molar-refractivity contribution in [2.24, 2.45) is 0 Å². The molecule has 2 atom stereocenters. The number of carbonyl (C=O) groups is 2. The van der Waals surface area contributed by atoms with Gasteiger partial charge in [0.05, 0.1) is 21.7 Å². The van der Waals surface area contributed by atoms with Crippen molar-refractivity contribution < 1.29 is 18.9 Å². The summed E-state index contributed by atoms with van der Waals surface area (Å²) in [5.41, 5.74) is 0.839. The predicted octanol–water partition coefficient (Wildman–Crippen LogP) is 1.13. The molecule has 2 N–H and O–H groups in total. The first-order valence-corrected chi connectivity index (χ1v) is 8.45. The third-order valence-corrected chi connectivity index (χ3v) is 5.17. The van der Waals surface area contributed by atoms with Crippen molar-refractivity contribution >= 4 is 44.2 Å². The lowest BCUT2D eigenvalue weighted by atomic mass is 10.3. The quantitative estimate of drug-likeness (QED) is 0.829. The molecule has 112 valence electrons. The van der Waals surface area contributed by atoms with E-state index < -0.39 is 28.7 Å². The van der Waals surface area contributed by atoms with Crippen LogP contribution in [0.1, 0.15) is 11.9 Å². The van der Waals surface area contributed by atoms with Gasteiger partial charge in [-0.2, -0.15) is 0 Å². The molecule has 0 fully saturated rings. The van der Waals surface area contributed by atoms with Crippen LogP contribution in [0.3, 0.4) is 0 Å². The van der Waals surface area contributed by atoms with Gasteiger partial charge < -0.3 is 10.4 Å². The second-order valence-electron chi connectivity index (χ2n) is 4.42. The molecule has 0 aliphatic heterocycles. The first kappa shape index (κ1) is 15.6. The summed E-state index contributed by atoms with van der Waals surface area (Å²) in [4.78, 5) is 26.3. The van der Waals surface area contributed by atoms with E-state index in [0.717, 1.165) is 10.2 Å². The van der Waals surface area contributed by atoms with Crippen molar-refractivity contribution in [3.63, 3.8) is 0 Å². The molecule has 0 saturated carbocycles. The van der Waals surface area contributed by atoms with E-state index in [0.29, 0.717) is 5.01 Å². The largest absolute Gasteiger partial charge is 0.480 e. The van der Waals surface area contributed by atoms with Gasteiger partial charge in [0.25, 0.3) is 0 Å². The Morgan fingerprint density at radius 3 is 2.76 bits per heavy atom. The van der Waals surface area contributed by atoms with Crippen molar-refractivity contribution in [3.05, 3.63) is 29.3 Å². The molecule has 2 aromatic rings. The second kappa shape index (κ2) is 6.77. The Bertz CT molecular complexity index is 665. The zero-order valence-corrected chi connectivity index (χ0v) is 12.9. The fourth-order valence-corrected chi connectivity index (χ4v) is 4.23.